The molecule has 0 fully saturated rings. The lowest BCUT2D eigenvalue weighted by molar-refractivity contribution is -0.123. The minimum absolute atomic E-state index is 0.171. The molecule has 0 aliphatic carbocycles. The van der Waals surface area contributed by atoms with Crippen molar-refractivity contribution >= 4 is 23.8 Å². The van der Waals surface area contributed by atoms with E-state index in [9.17, 15) is 19.2 Å². The monoisotopic (exact) mass is 414 g/mol. The Morgan fingerprint density at radius 2 is 1.57 bits per heavy atom. The van der Waals surface area contributed by atoms with Crippen LogP contribution in [0.4, 0.5) is 0 Å². The summed E-state index contributed by atoms with van der Waals surface area (Å²) >= 11 is 0. The van der Waals surface area contributed by atoms with Crippen molar-refractivity contribution in [2.75, 3.05) is 20.3 Å². The highest BCUT2D eigenvalue weighted by Gasteiger charge is 2.12. The Balaban J connectivity index is 1.80. The van der Waals surface area contributed by atoms with Crippen LogP contribution in [0.2, 0.25) is 0 Å². The standard InChI is InChI=1S/C21H22N2O7/c1-3-11-29-21(27)14-7-9-17(10-8-14)30-13-18(24)22-23-19(25)15-5-4-6-16(12-15)20(26)28-2/h4-10,12H,3,11,13H2,1-2H3,(H,22,24)(H,23,25). The third-order valence-electron chi connectivity index (χ3n) is 3.76. The van der Waals surface area contributed by atoms with E-state index in [1.807, 2.05) is 6.92 Å². The van der Waals surface area contributed by atoms with E-state index >= 15 is 0 Å². The second-order valence-electron chi connectivity index (χ2n) is 6.02. The number of rotatable bonds is 8. The topological polar surface area (TPSA) is 120 Å². The molecule has 9 heteroatoms. The van der Waals surface area contributed by atoms with E-state index in [0.29, 0.717) is 17.9 Å². The lowest BCUT2D eigenvalue weighted by Gasteiger charge is -2.10. The molecule has 0 aliphatic rings. The molecule has 0 radical (unpaired) electrons. The van der Waals surface area contributed by atoms with Crippen LogP contribution in [-0.4, -0.2) is 44.1 Å². The van der Waals surface area contributed by atoms with Crippen LogP contribution in [0, 0.1) is 0 Å². The van der Waals surface area contributed by atoms with Gasteiger partial charge < -0.3 is 14.2 Å². The van der Waals surface area contributed by atoms with Crippen molar-refractivity contribution in [3.05, 3.63) is 65.2 Å². The number of carbonyl (C=O) groups excluding carboxylic acids is 4. The van der Waals surface area contributed by atoms with Crippen molar-refractivity contribution in [3.63, 3.8) is 0 Å². The first-order chi connectivity index (χ1) is 14.4. The molecule has 0 saturated heterocycles. The van der Waals surface area contributed by atoms with Crippen LogP contribution in [0.25, 0.3) is 0 Å². The van der Waals surface area contributed by atoms with Gasteiger partial charge >= 0.3 is 11.9 Å². The van der Waals surface area contributed by atoms with Crippen molar-refractivity contribution in [2.24, 2.45) is 0 Å². The summed E-state index contributed by atoms with van der Waals surface area (Å²) in [7, 11) is 1.24. The molecule has 0 saturated carbocycles. The van der Waals surface area contributed by atoms with E-state index in [4.69, 9.17) is 9.47 Å². The molecule has 2 rings (SSSR count). The summed E-state index contributed by atoms with van der Waals surface area (Å²) in [5.74, 6) is -1.84. The molecule has 0 aromatic heterocycles. The van der Waals surface area contributed by atoms with Gasteiger partial charge in [0.15, 0.2) is 6.61 Å². The van der Waals surface area contributed by atoms with Crippen LogP contribution in [0.5, 0.6) is 5.75 Å². The van der Waals surface area contributed by atoms with E-state index in [2.05, 4.69) is 15.6 Å². The maximum absolute atomic E-state index is 12.1. The summed E-state index contributed by atoms with van der Waals surface area (Å²) in [6.07, 6.45) is 0.731. The zero-order valence-electron chi connectivity index (χ0n) is 16.6. The van der Waals surface area contributed by atoms with Gasteiger partial charge in [-0.1, -0.05) is 13.0 Å². The summed E-state index contributed by atoms with van der Waals surface area (Å²) in [5, 5.41) is 0. The summed E-state index contributed by atoms with van der Waals surface area (Å²) in [4.78, 5) is 47.2. The zero-order valence-corrected chi connectivity index (χ0v) is 16.6. The minimum atomic E-state index is -0.607. The van der Waals surface area contributed by atoms with Crippen LogP contribution in [-0.2, 0) is 14.3 Å². The fourth-order valence-electron chi connectivity index (χ4n) is 2.25. The number of hydrogen-bond acceptors (Lipinski definition) is 7. The van der Waals surface area contributed by atoms with Gasteiger partial charge in [0.05, 0.1) is 24.8 Å². The quantitative estimate of drug-likeness (QED) is 0.500. The van der Waals surface area contributed by atoms with E-state index in [0.717, 1.165) is 6.42 Å². The predicted molar refractivity (Wildman–Crippen MR) is 106 cm³/mol. The molecular formula is C21H22N2O7. The van der Waals surface area contributed by atoms with Gasteiger partial charge in [-0.3, -0.25) is 20.4 Å². The van der Waals surface area contributed by atoms with Gasteiger partial charge in [-0.25, -0.2) is 9.59 Å². The van der Waals surface area contributed by atoms with Gasteiger partial charge in [0.1, 0.15) is 5.75 Å². The van der Waals surface area contributed by atoms with E-state index in [-0.39, 0.29) is 17.7 Å². The molecule has 0 aliphatic heterocycles. The largest absolute Gasteiger partial charge is 0.484 e. The fourth-order valence-corrected chi connectivity index (χ4v) is 2.25. The van der Waals surface area contributed by atoms with Gasteiger partial charge in [0.25, 0.3) is 11.8 Å². The Hall–Kier alpha value is -3.88. The molecular weight excluding hydrogens is 392 g/mol. The number of amides is 2. The molecule has 30 heavy (non-hydrogen) atoms. The van der Waals surface area contributed by atoms with Crippen LogP contribution in [0.15, 0.2) is 48.5 Å². The minimum Gasteiger partial charge on any atom is -0.484 e. The maximum Gasteiger partial charge on any atom is 0.338 e. The Kier molecular flexibility index (Phi) is 8.37. The van der Waals surface area contributed by atoms with Crippen molar-refractivity contribution in [1.82, 2.24) is 10.9 Å². The van der Waals surface area contributed by atoms with Crippen molar-refractivity contribution in [1.29, 1.82) is 0 Å². The molecule has 0 spiro atoms. The summed E-state index contributed by atoms with van der Waals surface area (Å²) in [6.45, 7) is 1.88. The van der Waals surface area contributed by atoms with Gasteiger partial charge in [-0.05, 0) is 48.9 Å². The average molecular weight is 414 g/mol. The third kappa shape index (κ3) is 6.62. The molecule has 2 N–H and O–H groups in total. The highest BCUT2D eigenvalue weighted by Crippen LogP contribution is 2.13. The lowest BCUT2D eigenvalue weighted by atomic mass is 10.1. The van der Waals surface area contributed by atoms with E-state index in [1.54, 1.807) is 0 Å². The third-order valence-corrected chi connectivity index (χ3v) is 3.76. The molecule has 2 aromatic rings. The number of ether oxygens (including phenoxy) is 3. The molecule has 2 aromatic carbocycles. The number of hydrogen-bond donors (Lipinski definition) is 2. The van der Waals surface area contributed by atoms with Crippen molar-refractivity contribution in [3.8, 4) is 5.75 Å². The van der Waals surface area contributed by atoms with Crippen LogP contribution >= 0.6 is 0 Å². The van der Waals surface area contributed by atoms with Crippen molar-refractivity contribution in [2.45, 2.75) is 13.3 Å². The highest BCUT2D eigenvalue weighted by atomic mass is 16.5. The Bertz CT molecular complexity index is 910. The van der Waals surface area contributed by atoms with E-state index in [1.165, 1.54) is 55.6 Å². The molecule has 0 atom stereocenters. The highest BCUT2D eigenvalue weighted by molar-refractivity contribution is 5.98. The summed E-state index contributed by atoms with van der Waals surface area (Å²) in [6, 6.07) is 12.0. The average Bonchev–Trinajstić information content (AvgIpc) is 2.79. The predicted octanol–water partition coefficient (Wildman–Crippen LogP) is 1.88. The number of nitrogens with one attached hydrogen (secondary N) is 2. The SMILES string of the molecule is CCCOC(=O)c1ccc(OCC(=O)NNC(=O)c2cccc(C(=O)OC)c2)cc1. The lowest BCUT2D eigenvalue weighted by Crippen LogP contribution is -2.43. The Morgan fingerprint density at radius 1 is 0.867 bits per heavy atom. The number of benzene rings is 2. The second-order valence-corrected chi connectivity index (χ2v) is 6.02. The number of hydrazine groups is 1. The fraction of sp³-hybridized carbons (Fsp3) is 0.238. The van der Waals surface area contributed by atoms with Gasteiger partial charge in [0.2, 0.25) is 0 Å². The second kappa shape index (κ2) is 11.2. The van der Waals surface area contributed by atoms with Gasteiger partial charge in [-0.2, -0.15) is 0 Å². The van der Waals surface area contributed by atoms with Crippen LogP contribution in [0.3, 0.4) is 0 Å². The first kappa shape index (κ1) is 22.4. The summed E-state index contributed by atoms with van der Waals surface area (Å²) < 4.78 is 14.9. The number of esters is 2. The molecule has 0 heterocycles. The maximum atomic E-state index is 12.1. The Morgan fingerprint density at radius 3 is 2.23 bits per heavy atom. The molecule has 2 amide bonds. The molecule has 158 valence electrons. The zero-order chi connectivity index (χ0) is 21.9. The molecule has 9 nitrogen and oxygen atoms in total. The number of carbonyl (C=O) groups is 4. The first-order valence-electron chi connectivity index (χ1n) is 9.12. The van der Waals surface area contributed by atoms with Crippen LogP contribution in [0.1, 0.15) is 44.4 Å². The first-order valence-corrected chi connectivity index (χ1v) is 9.12. The Labute approximate surface area is 173 Å². The molecule has 0 bridgehead atoms. The van der Waals surface area contributed by atoms with Crippen molar-refractivity contribution < 1.29 is 33.4 Å². The van der Waals surface area contributed by atoms with Crippen LogP contribution < -0.4 is 15.6 Å². The van der Waals surface area contributed by atoms with Gasteiger partial charge in [0, 0.05) is 5.56 Å². The smallest absolute Gasteiger partial charge is 0.338 e. The number of methoxy groups -OCH3 is 1. The molecule has 0 unspecified atom stereocenters. The summed E-state index contributed by atoms with van der Waals surface area (Å²) in [5.41, 5.74) is 5.20. The normalized spacial score (nSPS) is 9.93. The van der Waals surface area contributed by atoms with Gasteiger partial charge in [-0.15, -0.1) is 0 Å². The van der Waals surface area contributed by atoms with E-state index < -0.39 is 23.8 Å².